The molecule has 1 aromatic carbocycles. The van der Waals surface area contributed by atoms with Crippen molar-refractivity contribution in [3.8, 4) is 22.7 Å². The number of anilines is 1. The predicted molar refractivity (Wildman–Crippen MR) is 117 cm³/mol. The Labute approximate surface area is 179 Å². The second kappa shape index (κ2) is 8.35. The van der Waals surface area contributed by atoms with E-state index in [1.54, 1.807) is 35.6 Å². The fourth-order valence-electron chi connectivity index (χ4n) is 3.94. The Balaban J connectivity index is 1.64. The molecule has 0 atom stereocenters. The minimum atomic E-state index is -2.82. The van der Waals surface area contributed by atoms with Crippen molar-refractivity contribution in [1.82, 2.24) is 14.5 Å². The molecular weight excluding hydrogens is 406 g/mol. The molecule has 1 aliphatic rings. The van der Waals surface area contributed by atoms with Gasteiger partial charge in [0.1, 0.15) is 5.75 Å². The lowest BCUT2D eigenvalue weighted by Gasteiger charge is -2.32. The third kappa shape index (κ3) is 4.06. The van der Waals surface area contributed by atoms with Crippen LogP contribution < -0.4 is 9.64 Å². The molecule has 4 rings (SSSR count). The maximum Gasteiger partial charge on any atom is 0.387 e. The molecule has 2 aromatic heterocycles. The van der Waals surface area contributed by atoms with Gasteiger partial charge in [0.15, 0.2) is 5.13 Å². The fourth-order valence-corrected chi connectivity index (χ4v) is 4.92. The Morgan fingerprint density at radius 3 is 2.33 bits per heavy atom. The molecule has 1 aliphatic heterocycles. The minimum absolute atomic E-state index is 0.156. The number of rotatable bonds is 5. The van der Waals surface area contributed by atoms with Gasteiger partial charge in [-0.3, -0.25) is 0 Å². The van der Waals surface area contributed by atoms with E-state index in [4.69, 9.17) is 4.98 Å². The summed E-state index contributed by atoms with van der Waals surface area (Å²) < 4.78 is 31.4. The number of halogens is 2. The first-order valence-electron chi connectivity index (χ1n) is 9.99. The molecule has 0 N–H and O–H groups in total. The van der Waals surface area contributed by atoms with E-state index in [0.717, 1.165) is 59.6 Å². The zero-order chi connectivity index (χ0) is 21.4. The number of thiazole rings is 1. The van der Waals surface area contributed by atoms with E-state index in [9.17, 15) is 8.78 Å². The summed E-state index contributed by atoms with van der Waals surface area (Å²) in [4.78, 5) is 10.9. The zero-order valence-corrected chi connectivity index (χ0v) is 18.5. The summed E-state index contributed by atoms with van der Waals surface area (Å²) in [6.07, 6.45) is 0. The lowest BCUT2D eigenvalue weighted by atomic mass is 10.1. The van der Waals surface area contributed by atoms with Crippen LogP contribution >= 0.6 is 11.3 Å². The van der Waals surface area contributed by atoms with Crippen LogP contribution in [0.15, 0.2) is 30.3 Å². The van der Waals surface area contributed by atoms with E-state index >= 15 is 0 Å². The molecule has 0 radical (unpaired) electrons. The molecule has 0 aliphatic carbocycles. The van der Waals surface area contributed by atoms with Crippen molar-refractivity contribution < 1.29 is 13.5 Å². The Hall–Kier alpha value is -2.45. The normalized spacial score (nSPS) is 15.2. The first-order valence-corrected chi connectivity index (χ1v) is 10.8. The second-order valence-corrected chi connectivity index (χ2v) is 8.87. The van der Waals surface area contributed by atoms with Crippen LogP contribution in [0.25, 0.3) is 16.9 Å². The zero-order valence-electron chi connectivity index (χ0n) is 17.7. The molecule has 0 saturated carbocycles. The number of aryl methyl sites for hydroxylation is 2. The number of likely N-dealkylation sites (N-methyl/N-ethyl adjacent to an activating group) is 1. The van der Waals surface area contributed by atoms with Gasteiger partial charge in [0, 0.05) is 53.7 Å². The van der Waals surface area contributed by atoms with E-state index in [1.807, 2.05) is 6.92 Å². The monoisotopic (exact) mass is 432 g/mol. The van der Waals surface area contributed by atoms with Gasteiger partial charge in [-0.25, -0.2) is 4.98 Å². The highest BCUT2D eigenvalue weighted by Gasteiger charge is 2.22. The molecule has 0 amide bonds. The number of alkyl halides is 2. The fraction of sp³-hybridized carbons (Fsp3) is 0.409. The maximum atomic E-state index is 12.4. The second-order valence-electron chi connectivity index (χ2n) is 7.68. The first-order chi connectivity index (χ1) is 14.3. The van der Waals surface area contributed by atoms with Crippen molar-refractivity contribution in [1.29, 1.82) is 0 Å². The number of nitrogens with zero attached hydrogens (tertiary/aromatic N) is 4. The van der Waals surface area contributed by atoms with Gasteiger partial charge < -0.3 is 19.1 Å². The lowest BCUT2D eigenvalue weighted by molar-refractivity contribution is -0.0498. The summed E-state index contributed by atoms with van der Waals surface area (Å²) in [6, 6.07) is 8.88. The minimum Gasteiger partial charge on any atom is -0.435 e. The van der Waals surface area contributed by atoms with Crippen LogP contribution in [0.4, 0.5) is 13.9 Å². The average molecular weight is 433 g/mol. The molecular formula is C22H26F2N4OS. The van der Waals surface area contributed by atoms with Crippen LogP contribution in [0, 0.1) is 20.8 Å². The SMILES string of the molecule is Cc1sc(N2CCN(C)CC2)nc1-c1cc(C)n(-c2ccc(OC(F)F)cc2)c1C. The molecule has 0 bridgehead atoms. The molecule has 3 aromatic rings. The number of hydrogen-bond acceptors (Lipinski definition) is 5. The van der Waals surface area contributed by atoms with Crippen molar-refractivity contribution in [2.24, 2.45) is 0 Å². The molecule has 5 nitrogen and oxygen atoms in total. The Morgan fingerprint density at radius 1 is 1.03 bits per heavy atom. The average Bonchev–Trinajstić information content (AvgIpc) is 3.22. The van der Waals surface area contributed by atoms with E-state index < -0.39 is 6.61 Å². The van der Waals surface area contributed by atoms with Gasteiger partial charge in [-0.2, -0.15) is 8.78 Å². The standard InChI is InChI=1S/C22H26F2N4OS/c1-14-13-19(15(2)28(14)17-5-7-18(8-6-17)29-21(23)24)20-16(3)30-22(25-20)27-11-9-26(4)10-12-27/h5-8,13,21H,9-12H2,1-4H3. The molecule has 0 spiro atoms. The molecule has 160 valence electrons. The largest absolute Gasteiger partial charge is 0.435 e. The van der Waals surface area contributed by atoms with E-state index in [2.05, 4.69) is 46.1 Å². The number of ether oxygens (including phenoxy) is 1. The summed E-state index contributed by atoms with van der Waals surface area (Å²) in [5, 5.41) is 1.08. The van der Waals surface area contributed by atoms with Crippen LogP contribution in [0.2, 0.25) is 0 Å². The summed E-state index contributed by atoms with van der Waals surface area (Å²) in [6.45, 7) is 7.50. The number of hydrogen-bond donors (Lipinski definition) is 0. The lowest BCUT2D eigenvalue weighted by Crippen LogP contribution is -2.44. The van der Waals surface area contributed by atoms with Gasteiger partial charge in [-0.1, -0.05) is 0 Å². The smallest absolute Gasteiger partial charge is 0.387 e. The molecule has 3 heterocycles. The topological polar surface area (TPSA) is 33.5 Å². The van der Waals surface area contributed by atoms with E-state index in [-0.39, 0.29) is 5.75 Å². The Kier molecular flexibility index (Phi) is 5.79. The van der Waals surface area contributed by atoms with Crippen molar-refractivity contribution in [3.05, 3.63) is 46.6 Å². The highest BCUT2D eigenvalue weighted by Crippen LogP contribution is 2.36. The molecule has 0 unspecified atom stereocenters. The number of piperazine rings is 1. The highest BCUT2D eigenvalue weighted by atomic mass is 32.1. The third-order valence-electron chi connectivity index (χ3n) is 5.57. The van der Waals surface area contributed by atoms with Gasteiger partial charge >= 0.3 is 6.61 Å². The van der Waals surface area contributed by atoms with Gasteiger partial charge in [-0.05, 0) is 58.2 Å². The summed E-state index contributed by atoms with van der Waals surface area (Å²) in [7, 11) is 2.15. The number of benzene rings is 1. The van der Waals surface area contributed by atoms with Crippen LogP contribution in [-0.4, -0.2) is 54.3 Å². The van der Waals surface area contributed by atoms with Crippen molar-refractivity contribution in [2.45, 2.75) is 27.4 Å². The third-order valence-corrected chi connectivity index (χ3v) is 6.60. The predicted octanol–water partition coefficient (Wildman–Crippen LogP) is 4.88. The molecule has 1 saturated heterocycles. The van der Waals surface area contributed by atoms with E-state index in [0.29, 0.717) is 0 Å². The Morgan fingerprint density at radius 2 is 1.70 bits per heavy atom. The van der Waals surface area contributed by atoms with E-state index in [1.165, 1.54) is 4.88 Å². The molecule has 30 heavy (non-hydrogen) atoms. The van der Waals surface area contributed by atoms with Gasteiger partial charge in [-0.15, -0.1) is 11.3 Å². The van der Waals surface area contributed by atoms with Crippen molar-refractivity contribution in [3.63, 3.8) is 0 Å². The Bertz CT molecular complexity index is 1020. The molecule has 1 fully saturated rings. The van der Waals surface area contributed by atoms with Crippen LogP contribution in [-0.2, 0) is 0 Å². The van der Waals surface area contributed by atoms with Gasteiger partial charge in [0.25, 0.3) is 0 Å². The summed E-state index contributed by atoms with van der Waals surface area (Å²) in [5.74, 6) is 0.156. The summed E-state index contributed by atoms with van der Waals surface area (Å²) in [5.41, 5.74) is 5.18. The highest BCUT2D eigenvalue weighted by molar-refractivity contribution is 7.16. The van der Waals surface area contributed by atoms with Crippen LogP contribution in [0.1, 0.15) is 16.3 Å². The van der Waals surface area contributed by atoms with Crippen molar-refractivity contribution >= 4 is 16.5 Å². The van der Waals surface area contributed by atoms with Gasteiger partial charge in [0.05, 0.1) is 5.69 Å². The van der Waals surface area contributed by atoms with Gasteiger partial charge in [0.2, 0.25) is 0 Å². The maximum absolute atomic E-state index is 12.4. The quantitative estimate of drug-likeness (QED) is 0.576. The first kappa shape index (κ1) is 20.8. The van der Waals surface area contributed by atoms with Crippen LogP contribution in [0.5, 0.6) is 5.75 Å². The summed E-state index contributed by atoms with van der Waals surface area (Å²) >= 11 is 1.74. The number of aromatic nitrogens is 2. The van der Waals surface area contributed by atoms with Crippen molar-refractivity contribution in [2.75, 3.05) is 38.1 Å². The van der Waals surface area contributed by atoms with Crippen LogP contribution in [0.3, 0.4) is 0 Å². The molecule has 8 heteroatoms.